The maximum atomic E-state index is 5.05. The topological polar surface area (TPSA) is 59.1 Å². The van der Waals surface area contributed by atoms with E-state index in [0.717, 1.165) is 17.2 Å². The Morgan fingerprint density at radius 1 is 1.10 bits per heavy atom. The molecule has 0 aliphatic rings. The first-order valence-electron chi connectivity index (χ1n) is 7.13. The summed E-state index contributed by atoms with van der Waals surface area (Å²) in [7, 11) is 1.68. The van der Waals surface area contributed by atoms with Crippen LogP contribution in [0.25, 0.3) is 11.4 Å². The van der Waals surface area contributed by atoms with E-state index in [1.165, 1.54) is 0 Å². The quantitative estimate of drug-likeness (QED) is 0.766. The van der Waals surface area contributed by atoms with Crippen LogP contribution in [0.1, 0.15) is 13.8 Å². The van der Waals surface area contributed by atoms with Crippen LogP contribution < -0.4 is 10.6 Å². The van der Waals surface area contributed by atoms with Gasteiger partial charge in [0.2, 0.25) is 0 Å². The third-order valence-electron chi connectivity index (χ3n) is 2.81. The fourth-order valence-electron chi connectivity index (χ4n) is 1.90. The second-order valence-electron chi connectivity index (χ2n) is 5.05. The number of ether oxygens (including phenoxy) is 1. The molecule has 2 aromatic rings. The van der Waals surface area contributed by atoms with Gasteiger partial charge in [-0.2, -0.15) is 0 Å². The van der Waals surface area contributed by atoms with Gasteiger partial charge in [-0.25, -0.2) is 9.97 Å². The smallest absolute Gasteiger partial charge is 0.163 e. The van der Waals surface area contributed by atoms with Crippen LogP contribution in [-0.4, -0.2) is 36.3 Å². The normalized spacial score (nSPS) is 10.7. The molecule has 0 spiro atoms. The number of rotatable bonds is 7. The molecule has 21 heavy (non-hydrogen) atoms. The van der Waals surface area contributed by atoms with E-state index in [9.17, 15) is 0 Å². The number of nitrogens with zero attached hydrogens (tertiary/aromatic N) is 2. The van der Waals surface area contributed by atoms with E-state index < -0.39 is 0 Å². The van der Waals surface area contributed by atoms with Gasteiger partial charge in [-0.3, -0.25) is 0 Å². The Hall–Kier alpha value is -2.14. The van der Waals surface area contributed by atoms with Crippen molar-refractivity contribution >= 4 is 11.6 Å². The third-order valence-corrected chi connectivity index (χ3v) is 2.81. The van der Waals surface area contributed by atoms with Crippen LogP contribution in [0.2, 0.25) is 0 Å². The van der Waals surface area contributed by atoms with E-state index in [0.29, 0.717) is 25.0 Å². The molecule has 5 heteroatoms. The zero-order valence-corrected chi connectivity index (χ0v) is 12.8. The minimum Gasteiger partial charge on any atom is -0.383 e. The summed E-state index contributed by atoms with van der Waals surface area (Å²) in [6.45, 7) is 5.52. The van der Waals surface area contributed by atoms with Crippen molar-refractivity contribution in [1.29, 1.82) is 0 Å². The van der Waals surface area contributed by atoms with Crippen LogP contribution in [0, 0.1) is 0 Å². The second-order valence-corrected chi connectivity index (χ2v) is 5.05. The molecule has 1 aromatic carbocycles. The first kappa shape index (κ1) is 15.3. The van der Waals surface area contributed by atoms with Gasteiger partial charge < -0.3 is 15.4 Å². The van der Waals surface area contributed by atoms with Crippen LogP contribution in [0.3, 0.4) is 0 Å². The van der Waals surface area contributed by atoms with Crippen molar-refractivity contribution in [2.75, 3.05) is 30.9 Å². The summed E-state index contributed by atoms with van der Waals surface area (Å²) in [6, 6.07) is 12.2. The molecule has 0 saturated heterocycles. The summed E-state index contributed by atoms with van der Waals surface area (Å²) < 4.78 is 5.05. The van der Waals surface area contributed by atoms with Gasteiger partial charge in [0.1, 0.15) is 11.6 Å². The van der Waals surface area contributed by atoms with Crippen LogP contribution in [0.5, 0.6) is 0 Å². The molecule has 0 unspecified atom stereocenters. The first-order valence-corrected chi connectivity index (χ1v) is 7.13. The Labute approximate surface area is 125 Å². The van der Waals surface area contributed by atoms with Gasteiger partial charge >= 0.3 is 0 Å². The van der Waals surface area contributed by atoms with Gasteiger partial charge in [0, 0.05) is 31.3 Å². The van der Waals surface area contributed by atoms with Gasteiger partial charge in [-0.1, -0.05) is 30.3 Å². The molecule has 5 nitrogen and oxygen atoms in total. The van der Waals surface area contributed by atoms with Gasteiger partial charge in [0.05, 0.1) is 6.61 Å². The molecule has 0 bridgehead atoms. The molecule has 0 saturated carbocycles. The van der Waals surface area contributed by atoms with E-state index in [-0.39, 0.29) is 0 Å². The van der Waals surface area contributed by atoms with Crippen molar-refractivity contribution in [3.05, 3.63) is 36.4 Å². The number of methoxy groups -OCH3 is 1. The largest absolute Gasteiger partial charge is 0.383 e. The molecular formula is C16H22N4O. The molecule has 0 fully saturated rings. The number of aromatic nitrogens is 2. The Morgan fingerprint density at radius 2 is 1.81 bits per heavy atom. The maximum Gasteiger partial charge on any atom is 0.163 e. The molecule has 0 atom stereocenters. The van der Waals surface area contributed by atoms with Crippen LogP contribution in [-0.2, 0) is 4.74 Å². The zero-order chi connectivity index (χ0) is 15.1. The predicted molar refractivity (Wildman–Crippen MR) is 86.6 cm³/mol. The van der Waals surface area contributed by atoms with Gasteiger partial charge in [-0.15, -0.1) is 0 Å². The predicted octanol–water partition coefficient (Wildman–Crippen LogP) is 3.02. The Kier molecular flexibility index (Phi) is 5.51. The van der Waals surface area contributed by atoms with Crippen molar-refractivity contribution in [3.63, 3.8) is 0 Å². The number of hydrogen-bond donors (Lipinski definition) is 2. The molecule has 1 heterocycles. The maximum absolute atomic E-state index is 5.05. The lowest BCUT2D eigenvalue weighted by molar-refractivity contribution is 0.210. The SMILES string of the molecule is COCCNc1cc(NC(C)C)nc(-c2ccccc2)n1. The van der Waals surface area contributed by atoms with E-state index >= 15 is 0 Å². The van der Waals surface area contributed by atoms with Crippen molar-refractivity contribution in [2.45, 2.75) is 19.9 Å². The van der Waals surface area contributed by atoms with Crippen molar-refractivity contribution in [3.8, 4) is 11.4 Å². The Balaban J connectivity index is 2.28. The van der Waals surface area contributed by atoms with Gasteiger partial charge in [0.15, 0.2) is 5.82 Å². The van der Waals surface area contributed by atoms with E-state index in [1.807, 2.05) is 36.4 Å². The Morgan fingerprint density at radius 3 is 2.48 bits per heavy atom. The minimum absolute atomic E-state index is 0.315. The highest BCUT2D eigenvalue weighted by molar-refractivity contribution is 5.61. The third kappa shape index (κ3) is 4.72. The average Bonchev–Trinajstić information content (AvgIpc) is 2.47. The van der Waals surface area contributed by atoms with Crippen LogP contribution >= 0.6 is 0 Å². The lowest BCUT2D eigenvalue weighted by Crippen LogP contribution is -2.14. The highest BCUT2D eigenvalue weighted by Crippen LogP contribution is 2.20. The second kappa shape index (κ2) is 7.59. The fourth-order valence-corrected chi connectivity index (χ4v) is 1.90. The summed E-state index contributed by atoms with van der Waals surface area (Å²) in [5.41, 5.74) is 1.000. The number of anilines is 2. The zero-order valence-electron chi connectivity index (χ0n) is 12.8. The van der Waals surface area contributed by atoms with Crippen LogP contribution in [0.4, 0.5) is 11.6 Å². The average molecular weight is 286 g/mol. The number of benzene rings is 1. The molecule has 2 N–H and O–H groups in total. The van der Waals surface area contributed by atoms with Crippen molar-refractivity contribution in [2.24, 2.45) is 0 Å². The monoisotopic (exact) mass is 286 g/mol. The summed E-state index contributed by atoms with van der Waals surface area (Å²) >= 11 is 0. The molecule has 0 radical (unpaired) electrons. The van der Waals surface area contributed by atoms with Crippen molar-refractivity contribution < 1.29 is 4.74 Å². The molecule has 0 aliphatic heterocycles. The molecule has 0 amide bonds. The lowest BCUT2D eigenvalue weighted by atomic mass is 10.2. The molecular weight excluding hydrogens is 264 g/mol. The molecule has 1 aromatic heterocycles. The molecule has 112 valence electrons. The Bertz CT molecular complexity index is 557. The van der Waals surface area contributed by atoms with Crippen molar-refractivity contribution in [1.82, 2.24) is 9.97 Å². The highest BCUT2D eigenvalue weighted by atomic mass is 16.5. The highest BCUT2D eigenvalue weighted by Gasteiger charge is 2.07. The summed E-state index contributed by atoms with van der Waals surface area (Å²) in [6.07, 6.45) is 0. The minimum atomic E-state index is 0.315. The van der Waals surface area contributed by atoms with Gasteiger partial charge in [0.25, 0.3) is 0 Å². The van der Waals surface area contributed by atoms with Gasteiger partial charge in [-0.05, 0) is 13.8 Å². The summed E-state index contributed by atoms with van der Waals surface area (Å²) in [4.78, 5) is 9.14. The summed E-state index contributed by atoms with van der Waals surface area (Å²) in [5.74, 6) is 2.32. The standard InChI is InChI=1S/C16H22N4O/c1-12(2)18-15-11-14(17-9-10-21-3)19-16(20-15)13-7-5-4-6-8-13/h4-8,11-12H,9-10H2,1-3H3,(H2,17,18,19,20). The number of nitrogens with one attached hydrogen (secondary N) is 2. The fraction of sp³-hybridized carbons (Fsp3) is 0.375. The van der Waals surface area contributed by atoms with E-state index in [4.69, 9.17) is 4.74 Å². The first-order chi connectivity index (χ1) is 10.2. The lowest BCUT2D eigenvalue weighted by Gasteiger charge is -2.13. The van der Waals surface area contributed by atoms with E-state index in [2.05, 4.69) is 34.4 Å². The molecule has 2 rings (SSSR count). The van der Waals surface area contributed by atoms with E-state index in [1.54, 1.807) is 7.11 Å². The number of hydrogen-bond acceptors (Lipinski definition) is 5. The molecule has 0 aliphatic carbocycles. The van der Waals surface area contributed by atoms with Crippen LogP contribution in [0.15, 0.2) is 36.4 Å². The summed E-state index contributed by atoms with van der Waals surface area (Å²) in [5, 5.41) is 6.58.